The van der Waals surface area contributed by atoms with Crippen molar-refractivity contribution in [3.8, 4) is 0 Å². The van der Waals surface area contributed by atoms with Gasteiger partial charge in [-0.15, -0.1) is 0 Å². The molecular weight excluding hydrogens is 240 g/mol. The van der Waals surface area contributed by atoms with E-state index in [1.54, 1.807) is 0 Å². The second kappa shape index (κ2) is 8.46. The molecule has 1 unspecified atom stereocenters. The molecule has 1 amide bonds. The van der Waals surface area contributed by atoms with Crippen LogP contribution >= 0.6 is 0 Å². The van der Waals surface area contributed by atoms with Crippen LogP contribution in [0.25, 0.3) is 0 Å². The fourth-order valence-electron chi connectivity index (χ4n) is 1.28. The Kier molecular flexibility index (Phi) is 7.69. The summed E-state index contributed by atoms with van der Waals surface area (Å²) in [5.41, 5.74) is 5.59. The predicted octanol–water partition coefficient (Wildman–Crippen LogP) is -0.364. The summed E-state index contributed by atoms with van der Waals surface area (Å²) in [7, 11) is 1.15. The van der Waals surface area contributed by atoms with Crippen LogP contribution in [-0.2, 0) is 19.1 Å². The maximum atomic E-state index is 11.6. The minimum atomic E-state index is -1.31. The summed E-state index contributed by atoms with van der Waals surface area (Å²) >= 11 is 0. The number of ether oxygens (including phenoxy) is 1. The third-order valence-corrected chi connectivity index (χ3v) is 2.42. The molecule has 2 atom stereocenters. The van der Waals surface area contributed by atoms with Crippen molar-refractivity contribution < 1.29 is 24.2 Å². The molecule has 104 valence electrons. The van der Waals surface area contributed by atoms with Gasteiger partial charge in [0.25, 0.3) is 0 Å². The van der Waals surface area contributed by atoms with E-state index in [1.165, 1.54) is 0 Å². The molecule has 0 fully saturated rings. The molecule has 0 aliphatic heterocycles. The van der Waals surface area contributed by atoms with E-state index in [0.717, 1.165) is 20.0 Å². The highest BCUT2D eigenvalue weighted by Gasteiger charge is 2.25. The maximum absolute atomic E-state index is 11.6. The summed E-state index contributed by atoms with van der Waals surface area (Å²) in [5, 5.41) is 11.1. The van der Waals surface area contributed by atoms with Crippen molar-refractivity contribution >= 4 is 17.8 Å². The molecule has 0 aromatic carbocycles. The van der Waals surface area contributed by atoms with E-state index >= 15 is 0 Å². The van der Waals surface area contributed by atoms with E-state index in [0.29, 0.717) is 6.42 Å². The second-order valence-corrected chi connectivity index (χ2v) is 3.93. The minimum Gasteiger partial charge on any atom is -0.480 e. The number of unbranched alkanes of at least 4 members (excludes halogenated alkanes) is 1. The largest absolute Gasteiger partial charge is 0.480 e. The number of hydrogen-bond donors (Lipinski definition) is 3. The number of carbonyl (C=O) groups excluding carboxylic acids is 2. The molecule has 0 rings (SSSR count). The van der Waals surface area contributed by atoms with Crippen molar-refractivity contribution in [2.24, 2.45) is 5.73 Å². The Bertz CT molecular complexity index is 306. The molecule has 0 spiro atoms. The molecule has 0 aliphatic rings. The van der Waals surface area contributed by atoms with Crippen molar-refractivity contribution in [2.45, 2.75) is 44.7 Å². The van der Waals surface area contributed by atoms with Gasteiger partial charge in [0, 0.05) is 0 Å². The standard InChI is InChI=1S/C11H20N2O5/c1-3-4-5-7(12)10(15)13-8(11(16)17)6-9(14)18-2/h7-8H,3-6,12H2,1-2H3,(H,13,15)(H,16,17)/t7?,8-/m0/s1. The number of rotatable bonds is 8. The van der Waals surface area contributed by atoms with Gasteiger partial charge in [0.15, 0.2) is 0 Å². The maximum Gasteiger partial charge on any atom is 0.326 e. The lowest BCUT2D eigenvalue weighted by Crippen LogP contribution is -2.49. The van der Waals surface area contributed by atoms with Gasteiger partial charge >= 0.3 is 11.9 Å². The number of methoxy groups -OCH3 is 1. The Balaban J connectivity index is 4.35. The molecular formula is C11H20N2O5. The molecule has 0 aromatic rings. The monoisotopic (exact) mass is 260 g/mol. The van der Waals surface area contributed by atoms with Crippen LogP contribution < -0.4 is 11.1 Å². The van der Waals surface area contributed by atoms with Crippen LogP contribution in [0.15, 0.2) is 0 Å². The summed E-state index contributed by atoms with van der Waals surface area (Å²) in [6, 6.07) is -2.07. The molecule has 18 heavy (non-hydrogen) atoms. The molecule has 0 heterocycles. The Morgan fingerprint density at radius 2 is 2.00 bits per heavy atom. The van der Waals surface area contributed by atoms with Crippen LogP contribution in [0.3, 0.4) is 0 Å². The molecule has 0 bridgehead atoms. The number of hydrogen-bond acceptors (Lipinski definition) is 5. The van der Waals surface area contributed by atoms with E-state index < -0.39 is 36.4 Å². The number of aliphatic carboxylic acids is 1. The van der Waals surface area contributed by atoms with Crippen LogP contribution in [0.5, 0.6) is 0 Å². The lowest BCUT2D eigenvalue weighted by atomic mass is 10.1. The van der Waals surface area contributed by atoms with Gasteiger partial charge in [-0.1, -0.05) is 19.8 Å². The minimum absolute atomic E-state index is 0.419. The fraction of sp³-hybridized carbons (Fsp3) is 0.727. The zero-order valence-electron chi connectivity index (χ0n) is 10.6. The molecule has 7 nitrogen and oxygen atoms in total. The first-order valence-electron chi connectivity index (χ1n) is 5.77. The van der Waals surface area contributed by atoms with Crippen molar-refractivity contribution in [3.05, 3.63) is 0 Å². The van der Waals surface area contributed by atoms with Crippen LogP contribution in [0.4, 0.5) is 0 Å². The molecule has 7 heteroatoms. The highest BCUT2D eigenvalue weighted by molar-refractivity contribution is 5.89. The van der Waals surface area contributed by atoms with Gasteiger partial charge in [0.2, 0.25) is 5.91 Å². The van der Waals surface area contributed by atoms with E-state index in [9.17, 15) is 14.4 Å². The number of carboxylic acids is 1. The third kappa shape index (κ3) is 6.19. The average Bonchev–Trinajstić information content (AvgIpc) is 2.34. The average molecular weight is 260 g/mol. The molecule has 0 saturated carbocycles. The van der Waals surface area contributed by atoms with Crippen LogP contribution in [0, 0.1) is 0 Å². The van der Waals surface area contributed by atoms with E-state index in [-0.39, 0.29) is 0 Å². The number of carboxylic acid groups (broad SMARTS) is 1. The Morgan fingerprint density at radius 1 is 1.39 bits per heavy atom. The van der Waals surface area contributed by atoms with Gasteiger partial charge in [-0.05, 0) is 6.42 Å². The Morgan fingerprint density at radius 3 is 2.44 bits per heavy atom. The second-order valence-electron chi connectivity index (χ2n) is 3.93. The normalized spacial score (nSPS) is 13.5. The van der Waals surface area contributed by atoms with Gasteiger partial charge < -0.3 is 20.9 Å². The van der Waals surface area contributed by atoms with E-state index in [2.05, 4.69) is 10.1 Å². The molecule has 0 aromatic heterocycles. The van der Waals surface area contributed by atoms with Crippen molar-refractivity contribution in [1.29, 1.82) is 0 Å². The summed E-state index contributed by atoms with van der Waals surface area (Å²) in [6.45, 7) is 1.96. The van der Waals surface area contributed by atoms with Crippen LogP contribution in [0.1, 0.15) is 32.6 Å². The lowest BCUT2D eigenvalue weighted by Gasteiger charge is -2.16. The summed E-state index contributed by atoms with van der Waals surface area (Å²) in [6.07, 6.45) is 1.74. The van der Waals surface area contributed by atoms with Gasteiger partial charge in [-0.2, -0.15) is 0 Å². The van der Waals surface area contributed by atoms with Gasteiger partial charge in [0.05, 0.1) is 19.6 Å². The Hall–Kier alpha value is -1.63. The predicted molar refractivity (Wildman–Crippen MR) is 63.7 cm³/mol. The van der Waals surface area contributed by atoms with Gasteiger partial charge in [0.1, 0.15) is 6.04 Å². The SMILES string of the molecule is CCCCC(N)C(=O)N[C@@H](CC(=O)OC)C(=O)O. The summed E-state index contributed by atoms with van der Waals surface area (Å²) in [4.78, 5) is 33.4. The number of carbonyl (C=O) groups is 3. The molecule has 4 N–H and O–H groups in total. The molecule has 0 saturated heterocycles. The third-order valence-electron chi connectivity index (χ3n) is 2.42. The first kappa shape index (κ1) is 16.4. The molecule has 0 radical (unpaired) electrons. The van der Waals surface area contributed by atoms with Crippen molar-refractivity contribution in [2.75, 3.05) is 7.11 Å². The number of esters is 1. The topological polar surface area (TPSA) is 119 Å². The Labute approximate surface area is 106 Å². The first-order valence-corrected chi connectivity index (χ1v) is 5.77. The number of nitrogens with two attached hydrogens (primary N) is 1. The molecule has 0 aliphatic carbocycles. The zero-order chi connectivity index (χ0) is 14.1. The lowest BCUT2D eigenvalue weighted by molar-refractivity contribution is -0.148. The van der Waals surface area contributed by atoms with Crippen molar-refractivity contribution in [3.63, 3.8) is 0 Å². The van der Waals surface area contributed by atoms with Crippen molar-refractivity contribution in [1.82, 2.24) is 5.32 Å². The zero-order valence-corrected chi connectivity index (χ0v) is 10.6. The van der Waals surface area contributed by atoms with E-state index in [1.807, 2.05) is 6.92 Å². The smallest absolute Gasteiger partial charge is 0.326 e. The summed E-state index contributed by atoms with van der Waals surface area (Å²) in [5.74, 6) is -2.57. The number of nitrogens with one attached hydrogen (secondary N) is 1. The highest BCUT2D eigenvalue weighted by Crippen LogP contribution is 2.01. The fourth-order valence-corrected chi connectivity index (χ4v) is 1.28. The van der Waals surface area contributed by atoms with E-state index in [4.69, 9.17) is 10.8 Å². The van der Waals surface area contributed by atoms with Gasteiger partial charge in [-0.3, -0.25) is 9.59 Å². The quantitative estimate of drug-likeness (QED) is 0.513. The number of amides is 1. The van der Waals surface area contributed by atoms with Crippen LogP contribution in [0.2, 0.25) is 0 Å². The van der Waals surface area contributed by atoms with Crippen LogP contribution in [-0.4, -0.2) is 42.1 Å². The summed E-state index contributed by atoms with van der Waals surface area (Å²) < 4.78 is 4.35. The van der Waals surface area contributed by atoms with Gasteiger partial charge in [-0.25, -0.2) is 4.79 Å². The highest BCUT2D eigenvalue weighted by atomic mass is 16.5. The first-order chi connectivity index (χ1) is 8.42.